The summed E-state index contributed by atoms with van der Waals surface area (Å²) in [4.78, 5) is 0. The van der Waals surface area contributed by atoms with Crippen molar-refractivity contribution in [2.24, 2.45) is 16.7 Å². The van der Waals surface area contributed by atoms with Crippen LogP contribution in [0.15, 0.2) is 30.3 Å². The van der Waals surface area contributed by atoms with E-state index in [9.17, 15) is 15.8 Å². The fourth-order valence-corrected chi connectivity index (χ4v) is 5.20. The van der Waals surface area contributed by atoms with Crippen LogP contribution in [0.5, 0.6) is 0 Å². The minimum Gasteiger partial charge on any atom is -0.443 e. The summed E-state index contributed by atoms with van der Waals surface area (Å²) in [6, 6.07) is 15.8. The molecule has 4 atom stereocenters. The molecule has 4 unspecified atom stereocenters. The zero-order valence-corrected chi connectivity index (χ0v) is 17.6. The Kier molecular flexibility index (Phi) is 6.16. The maximum Gasteiger partial charge on any atom is 0.244 e. The van der Waals surface area contributed by atoms with E-state index in [-0.39, 0.29) is 5.90 Å². The maximum absolute atomic E-state index is 10.3. The molecule has 2 heterocycles. The summed E-state index contributed by atoms with van der Waals surface area (Å²) >= 11 is 0. The van der Waals surface area contributed by atoms with Gasteiger partial charge in [-0.3, -0.25) is 5.41 Å². The van der Waals surface area contributed by atoms with Gasteiger partial charge in [0.2, 0.25) is 11.7 Å². The zero-order valence-electron chi connectivity index (χ0n) is 17.6. The van der Waals surface area contributed by atoms with Crippen molar-refractivity contribution in [3.05, 3.63) is 35.9 Å². The van der Waals surface area contributed by atoms with E-state index < -0.39 is 28.6 Å². The van der Waals surface area contributed by atoms with E-state index >= 15 is 0 Å². The van der Waals surface area contributed by atoms with E-state index in [2.05, 4.69) is 25.1 Å². The Morgan fingerprint density at radius 3 is 2.20 bits per heavy atom. The number of benzene rings is 1. The summed E-state index contributed by atoms with van der Waals surface area (Å²) in [7, 11) is 0. The van der Waals surface area contributed by atoms with Crippen molar-refractivity contribution >= 4 is 5.90 Å². The fraction of sp³-hybridized carbons (Fsp3) is 0.583. The van der Waals surface area contributed by atoms with Crippen LogP contribution in [0.1, 0.15) is 64.4 Å². The largest absolute Gasteiger partial charge is 0.443 e. The van der Waals surface area contributed by atoms with Crippen molar-refractivity contribution in [1.82, 2.24) is 0 Å². The number of fused-ring (bicyclic) bond motifs is 2. The lowest BCUT2D eigenvalue weighted by Crippen LogP contribution is -2.61. The van der Waals surface area contributed by atoms with Crippen LogP contribution in [0, 0.1) is 56.2 Å². The number of hydrogen-bond donors (Lipinski definition) is 1. The van der Waals surface area contributed by atoms with Crippen LogP contribution in [-0.4, -0.2) is 12.0 Å². The lowest BCUT2D eigenvalue weighted by Gasteiger charge is -2.49. The first kappa shape index (κ1) is 21.8. The molecule has 2 saturated heterocycles. The number of hydrogen-bond acceptors (Lipinski definition) is 6. The van der Waals surface area contributed by atoms with Gasteiger partial charge in [-0.05, 0) is 12.8 Å². The van der Waals surface area contributed by atoms with Gasteiger partial charge >= 0.3 is 0 Å². The van der Waals surface area contributed by atoms with Crippen LogP contribution in [0.2, 0.25) is 0 Å². The molecule has 1 aromatic carbocycles. The standard InChI is InChI=1S/C24H28N4O2/c1-3-5-6-7-11-14-20-22(15-25,16-26)23(17-27)19(4-2)24(29-20,30-21(23)28)18-12-9-8-10-13-18/h8-10,12-13,19-20,28H,3-7,11,14H2,1-2H3. The monoisotopic (exact) mass is 404 g/mol. The Morgan fingerprint density at radius 1 is 0.967 bits per heavy atom. The van der Waals surface area contributed by atoms with Crippen LogP contribution in [0.25, 0.3) is 0 Å². The van der Waals surface area contributed by atoms with Gasteiger partial charge in [0, 0.05) is 5.56 Å². The van der Waals surface area contributed by atoms with Gasteiger partial charge in [-0.1, -0.05) is 76.3 Å². The SMILES string of the molecule is CCCCCCCC1OC2(c3ccccc3)OC(=N)C(C#N)(C2CC)C1(C#N)C#N. The first-order valence-electron chi connectivity index (χ1n) is 10.8. The molecule has 2 bridgehead atoms. The second kappa shape index (κ2) is 8.47. The van der Waals surface area contributed by atoms with Crippen molar-refractivity contribution in [1.29, 1.82) is 21.2 Å². The summed E-state index contributed by atoms with van der Waals surface area (Å²) in [6.07, 6.45) is 5.16. The molecule has 2 fully saturated rings. The van der Waals surface area contributed by atoms with Crippen LogP contribution < -0.4 is 0 Å². The Morgan fingerprint density at radius 2 is 1.63 bits per heavy atom. The van der Waals surface area contributed by atoms with Gasteiger partial charge in [-0.15, -0.1) is 0 Å². The molecular formula is C24H28N4O2. The van der Waals surface area contributed by atoms with Crippen molar-refractivity contribution in [2.75, 3.05) is 0 Å². The number of unbranched alkanes of at least 4 members (excludes halogenated alkanes) is 4. The predicted molar refractivity (Wildman–Crippen MR) is 111 cm³/mol. The topological polar surface area (TPSA) is 114 Å². The first-order chi connectivity index (χ1) is 14.5. The van der Waals surface area contributed by atoms with Crippen molar-refractivity contribution < 1.29 is 9.47 Å². The highest BCUT2D eigenvalue weighted by Gasteiger charge is 2.79. The Labute approximate surface area is 178 Å². The predicted octanol–water partition coefficient (Wildman–Crippen LogP) is 5.18. The molecule has 30 heavy (non-hydrogen) atoms. The minimum atomic E-state index is -1.79. The van der Waals surface area contributed by atoms with Gasteiger partial charge in [-0.25, -0.2) is 0 Å². The molecule has 0 aliphatic carbocycles. The van der Waals surface area contributed by atoms with E-state index in [1.54, 1.807) is 0 Å². The molecule has 0 saturated carbocycles. The second-order valence-electron chi connectivity index (χ2n) is 8.19. The highest BCUT2D eigenvalue weighted by molar-refractivity contribution is 5.89. The molecule has 2 aliphatic rings. The summed E-state index contributed by atoms with van der Waals surface area (Å²) < 4.78 is 12.5. The second-order valence-corrected chi connectivity index (χ2v) is 8.19. The van der Waals surface area contributed by atoms with E-state index in [4.69, 9.17) is 14.9 Å². The van der Waals surface area contributed by atoms with Gasteiger partial charge in [0.1, 0.15) is 0 Å². The molecular weight excluding hydrogens is 376 g/mol. The lowest BCUT2D eigenvalue weighted by molar-refractivity contribution is -0.290. The third-order valence-electron chi connectivity index (χ3n) is 6.70. The summed E-state index contributed by atoms with van der Waals surface area (Å²) in [5, 5.41) is 39.4. The minimum absolute atomic E-state index is 0.336. The van der Waals surface area contributed by atoms with Crippen molar-refractivity contribution in [2.45, 2.75) is 70.7 Å². The summed E-state index contributed by atoms with van der Waals surface area (Å²) in [5.74, 6) is -2.31. The molecule has 3 rings (SSSR count). The molecule has 0 amide bonds. The smallest absolute Gasteiger partial charge is 0.244 e. The molecule has 0 radical (unpaired) electrons. The molecule has 156 valence electrons. The van der Waals surface area contributed by atoms with Gasteiger partial charge in [0.05, 0.1) is 30.2 Å². The highest BCUT2D eigenvalue weighted by Crippen LogP contribution is 2.67. The molecule has 6 nitrogen and oxygen atoms in total. The average molecular weight is 405 g/mol. The van der Waals surface area contributed by atoms with Crippen LogP contribution in [0.4, 0.5) is 0 Å². The molecule has 2 aliphatic heterocycles. The number of rotatable bonds is 8. The molecule has 1 N–H and O–H groups in total. The number of nitrogens with one attached hydrogen (secondary N) is 1. The van der Waals surface area contributed by atoms with Gasteiger partial charge in [0.25, 0.3) is 0 Å². The quantitative estimate of drug-likeness (QED) is 0.600. The van der Waals surface area contributed by atoms with Gasteiger partial charge in [0.15, 0.2) is 10.8 Å². The highest BCUT2D eigenvalue weighted by atomic mass is 16.7. The molecule has 0 aromatic heterocycles. The third-order valence-corrected chi connectivity index (χ3v) is 6.70. The van der Waals surface area contributed by atoms with Crippen LogP contribution >= 0.6 is 0 Å². The molecule has 6 heteroatoms. The third kappa shape index (κ3) is 2.81. The lowest BCUT2D eigenvalue weighted by atomic mass is 9.52. The van der Waals surface area contributed by atoms with Crippen LogP contribution in [-0.2, 0) is 15.3 Å². The summed E-state index contributed by atoms with van der Waals surface area (Å²) in [5.41, 5.74) is -2.76. The number of nitrogens with zero attached hydrogens (tertiary/aromatic N) is 3. The summed E-state index contributed by atoms with van der Waals surface area (Å²) in [6.45, 7) is 4.02. The molecule has 1 aromatic rings. The zero-order chi connectivity index (χ0) is 21.8. The Hall–Kier alpha value is -2.88. The fourth-order valence-electron chi connectivity index (χ4n) is 5.20. The number of nitriles is 3. The van der Waals surface area contributed by atoms with Gasteiger partial charge < -0.3 is 9.47 Å². The average Bonchev–Trinajstić information content (AvgIpc) is 2.99. The van der Waals surface area contributed by atoms with Crippen molar-refractivity contribution in [3.8, 4) is 18.2 Å². The number of ether oxygens (including phenoxy) is 2. The molecule has 0 spiro atoms. The van der Waals surface area contributed by atoms with Gasteiger partial charge in [-0.2, -0.15) is 15.8 Å². The maximum atomic E-state index is 10.3. The normalized spacial score (nSPS) is 31.2. The van der Waals surface area contributed by atoms with Crippen molar-refractivity contribution in [3.63, 3.8) is 0 Å². The van der Waals surface area contributed by atoms with Crippen LogP contribution in [0.3, 0.4) is 0 Å². The van der Waals surface area contributed by atoms with E-state index in [0.717, 1.165) is 32.1 Å². The Bertz CT molecular complexity index is 896. The van der Waals surface area contributed by atoms with E-state index in [1.807, 2.05) is 37.3 Å². The Balaban J connectivity index is 2.12. The first-order valence-corrected chi connectivity index (χ1v) is 10.8. The van der Waals surface area contributed by atoms with E-state index in [0.29, 0.717) is 18.4 Å². The van der Waals surface area contributed by atoms with E-state index in [1.165, 1.54) is 0 Å².